The zero-order chi connectivity index (χ0) is 16.1. The summed E-state index contributed by atoms with van der Waals surface area (Å²) in [6, 6.07) is 9.04. The number of nitrogens with one attached hydrogen (secondary N) is 2. The molecule has 2 heterocycles. The SMILES string of the molecule is O=C1COc2c(NCc3ccc(OCCF)cn3)cccc2N1. The maximum absolute atomic E-state index is 12.0. The molecule has 1 amide bonds. The third-order valence-corrected chi connectivity index (χ3v) is 3.24. The number of hydrogen-bond acceptors (Lipinski definition) is 5. The molecule has 0 saturated heterocycles. The highest BCUT2D eigenvalue weighted by Crippen LogP contribution is 2.35. The maximum atomic E-state index is 12.0. The van der Waals surface area contributed by atoms with Crippen LogP contribution in [0.2, 0.25) is 0 Å². The molecule has 23 heavy (non-hydrogen) atoms. The van der Waals surface area contributed by atoms with E-state index in [0.717, 1.165) is 11.4 Å². The van der Waals surface area contributed by atoms with Crippen LogP contribution in [0.1, 0.15) is 5.69 Å². The molecule has 2 aromatic rings. The van der Waals surface area contributed by atoms with Gasteiger partial charge in [0.15, 0.2) is 12.4 Å². The quantitative estimate of drug-likeness (QED) is 0.856. The molecule has 0 unspecified atom stereocenters. The fourth-order valence-electron chi connectivity index (χ4n) is 2.20. The molecule has 7 heteroatoms. The predicted octanol–water partition coefficient (Wildman–Crippen LogP) is 2.37. The van der Waals surface area contributed by atoms with Crippen molar-refractivity contribution in [1.82, 2.24) is 4.98 Å². The van der Waals surface area contributed by atoms with Crippen LogP contribution in [0.3, 0.4) is 0 Å². The number of para-hydroxylation sites is 1. The summed E-state index contributed by atoms with van der Waals surface area (Å²) in [7, 11) is 0. The van der Waals surface area contributed by atoms with E-state index in [0.29, 0.717) is 23.7 Å². The first kappa shape index (κ1) is 15.1. The van der Waals surface area contributed by atoms with E-state index in [1.165, 1.54) is 0 Å². The van der Waals surface area contributed by atoms with E-state index in [2.05, 4.69) is 15.6 Å². The Labute approximate surface area is 132 Å². The number of anilines is 2. The second-order valence-corrected chi connectivity index (χ2v) is 4.90. The number of alkyl halides is 1. The highest BCUT2D eigenvalue weighted by molar-refractivity contribution is 5.97. The number of ether oxygens (including phenoxy) is 2. The van der Waals surface area contributed by atoms with Gasteiger partial charge in [0.25, 0.3) is 5.91 Å². The number of halogens is 1. The zero-order valence-electron chi connectivity index (χ0n) is 12.3. The van der Waals surface area contributed by atoms with Gasteiger partial charge in [0.05, 0.1) is 29.8 Å². The van der Waals surface area contributed by atoms with E-state index in [1.54, 1.807) is 24.4 Å². The maximum Gasteiger partial charge on any atom is 0.262 e. The summed E-state index contributed by atoms with van der Waals surface area (Å²) in [5.41, 5.74) is 2.23. The van der Waals surface area contributed by atoms with Crippen LogP contribution >= 0.6 is 0 Å². The first-order chi connectivity index (χ1) is 11.3. The summed E-state index contributed by atoms with van der Waals surface area (Å²) in [5, 5.41) is 5.99. The van der Waals surface area contributed by atoms with Crippen molar-refractivity contribution in [3.8, 4) is 11.5 Å². The smallest absolute Gasteiger partial charge is 0.262 e. The largest absolute Gasteiger partial charge is 0.489 e. The van der Waals surface area contributed by atoms with E-state index >= 15 is 0 Å². The van der Waals surface area contributed by atoms with Crippen LogP contribution in [-0.4, -0.2) is 30.8 Å². The lowest BCUT2D eigenvalue weighted by atomic mass is 10.2. The topological polar surface area (TPSA) is 72.5 Å². The van der Waals surface area contributed by atoms with Gasteiger partial charge in [-0.25, -0.2) is 4.39 Å². The minimum atomic E-state index is -0.529. The first-order valence-corrected chi connectivity index (χ1v) is 7.19. The number of nitrogens with zero attached hydrogens (tertiary/aromatic N) is 1. The Bertz CT molecular complexity index is 691. The van der Waals surface area contributed by atoms with Crippen LogP contribution in [0.25, 0.3) is 0 Å². The lowest BCUT2D eigenvalue weighted by Gasteiger charge is -2.21. The van der Waals surface area contributed by atoms with E-state index in [4.69, 9.17) is 9.47 Å². The fraction of sp³-hybridized carbons (Fsp3) is 0.250. The molecule has 0 saturated carbocycles. The van der Waals surface area contributed by atoms with Crippen molar-refractivity contribution in [1.29, 1.82) is 0 Å². The van der Waals surface area contributed by atoms with Gasteiger partial charge < -0.3 is 20.1 Å². The lowest BCUT2D eigenvalue weighted by molar-refractivity contribution is -0.118. The number of carbonyl (C=O) groups excluding carboxylic acids is 1. The van der Waals surface area contributed by atoms with Crippen molar-refractivity contribution < 1.29 is 18.7 Å². The molecular weight excluding hydrogens is 301 g/mol. The average Bonchev–Trinajstić information content (AvgIpc) is 2.58. The van der Waals surface area contributed by atoms with Gasteiger partial charge in [-0.2, -0.15) is 0 Å². The summed E-state index contributed by atoms with van der Waals surface area (Å²) in [6.07, 6.45) is 1.56. The molecule has 0 aliphatic carbocycles. The minimum Gasteiger partial charge on any atom is -0.489 e. The lowest BCUT2D eigenvalue weighted by Crippen LogP contribution is -2.25. The van der Waals surface area contributed by atoms with Gasteiger partial charge in [-0.15, -0.1) is 0 Å². The van der Waals surface area contributed by atoms with E-state index in [9.17, 15) is 9.18 Å². The molecule has 120 valence electrons. The van der Waals surface area contributed by atoms with Gasteiger partial charge in [-0.05, 0) is 24.3 Å². The Balaban J connectivity index is 1.64. The molecule has 3 rings (SSSR count). The van der Waals surface area contributed by atoms with Crippen molar-refractivity contribution in [2.75, 3.05) is 30.5 Å². The highest BCUT2D eigenvalue weighted by atomic mass is 19.1. The number of aromatic nitrogens is 1. The van der Waals surface area contributed by atoms with E-state index in [-0.39, 0.29) is 19.1 Å². The van der Waals surface area contributed by atoms with Gasteiger partial charge in [0.1, 0.15) is 19.0 Å². The summed E-state index contributed by atoms with van der Waals surface area (Å²) < 4.78 is 22.6. The second-order valence-electron chi connectivity index (χ2n) is 4.90. The van der Waals surface area contributed by atoms with Crippen molar-refractivity contribution in [2.24, 2.45) is 0 Å². The van der Waals surface area contributed by atoms with Gasteiger partial charge in [0, 0.05) is 0 Å². The minimum absolute atomic E-state index is 0.00451. The van der Waals surface area contributed by atoms with Gasteiger partial charge >= 0.3 is 0 Å². The molecule has 0 atom stereocenters. The zero-order valence-corrected chi connectivity index (χ0v) is 12.3. The van der Waals surface area contributed by atoms with Crippen molar-refractivity contribution in [3.05, 3.63) is 42.2 Å². The molecule has 0 fully saturated rings. The molecule has 0 spiro atoms. The average molecular weight is 317 g/mol. The van der Waals surface area contributed by atoms with Crippen LogP contribution < -0.4 is 20.1 Å². The predicted molar refractivity (Wildman–Crippen MR) is 83.6 cm³/mol. The molecule has 1 aromatic heterocycles. The van der Waals surface area contributed by atoms with E-state index < -0.39 is 6.67 Å². The van der Waals surface area contributed by atoms with Crippen LogP contribution in [0.4, 0.5) is 15.8 Å². The van der Waals surface area contributed by atoms with Crippen LogP contribution in [0, 0.1) is 0 Å². The normalized spacial score (nSPS) is 12.8. The molecule has 1 aliphatic heterocycles. The number of pyridine rings is 1. The molecule has 1 aromatic carbocycles. The molecule has 6 nitrogen and oxygen atoms in total. The summed E-state index contributed by atoms with van der Waals surface area (Å²) in [5.74, 6) is 0.990. The number of benzene rings is 1. The Morgan fingerprint density at radius 1 is 1.35 bits per heavy atom. The van der Waals surface area contributed by atoms with E-state index in [1.807, 2.05) is 12.1 Å². The third kappa shape index (κ3) is 3.68. The summed E-state index contributed by atoms with van der Waals surface area (Å²) in [6.45, 7) is -0.0147. The number of rotatable bonds is 6. The van der Waals surface area contributed by atoms with Gasteiger partial charge in [-0.3, -0.25) is 9.78 Å². The monoisotopic (exact) mass is 317 g/mol. The van der Waals surface area contributed by atoms with Crippen LogP contribution in [0.15, 0.2) is 36.5 Å². The molecule has 0 bridgehead atoms. The van der Waals surface area contributed by atoms with Crippen LogP contribution in [-0.2, 0) is 11.3 Å². The van der Waals surface area contributed by atoms with Crippen molar-refractivity contribution in [3.63, 3.8) is 0 Å². The number of hydrogen-bond donors (Lipinski definition) is 2. The number of fused-ring (bicyclic) bond motifs is 1. The first-order valence-electron chi connectivity index (χ1n) is 7.19. The van der Waals surface area contributed by atoms with Gasteiger partial charge in [0.2, 0.25) is 0 Å². The Morgan fingerprint density at radius 3 is 3.04 bits per heavy atom. The summed E-state index contributed by atoms with van der Waals surface area (Å²) >= 11 is 0. The third-order valence-electron chi connectivity index (χ3n) is 3.24. The van der Waals surface area contributed by atoms with Crippen LogP contribution in [0.5, 0.6) is 11.5 Å². The Kier molecular flexibility index (Phi) is 4.56. The number of carbonyl (C=O) groups is 1. The number of amides is 1. The summed E-state index contributed by atoms with van der Waals surface area (Å²) in [4.78, 5) is 15.6. The van der Waals surface area contributed by atoms with Gasteiger partial charge in [-0.1, -0.05) is 6.07 Å². The Hall–Kier alpha value is -2.83. The van der Waals surface area contributed by atoms with Crippen molar-refractivity contribution >= 4 is 17.3 Å². The highest BCUT2D eigenvalue weighted by Gasteiger charge is 2.18. The molecule has 1 aliphatic rings. The van der Waals surface area contributed by atoms with Crippen molar-refractivity contribution in [2.45, 2.75) is 6.54 Å². The Morgan fingerprint density at radius 2 is 2.26 bits per heavy atom. The standard InChI is InChI=1S/C16H16FN3O3/c17-6-7-22-12-5-4-11(18-9-12)8-19-13-2-1-3-14-16(13)23-10-15(21)20-14/h1-5,9,19H,6-8,10H2,(H,20,21). The molecule has 0 radical (unpaired) electrons. The molecule has 2 N–H and O–H groups in total. The molecular formula is C16H16FN3O3. The second kappa shape index (κ2) is 6.95. The fourth-order valence-corrected chi connectivity index (χ4v) is 2.20.